The fraction of sp³-hybridized carbons (Fsp3) is 0.278. The van der Waals surface area contributed by atoms with Crippen LogP contribution in [0, 0.1) is 0 Å². The lowest BCUT2D eigenvalue weighted by Gasteiger charge is -2.33. The largest absolute Gasteiger partial charge is 0.295 e. The molecule has 0 radical (unpaired) electrons. The standard InChI is InChI=1S/C18H17Cl2N3O2S3/c19-15-2-1-3-16(17(15)20)28(24,25)23-7-5-22(6-8-23)10-14-12-27-18(21-14)13-4-9-26-11-13/h1-4,9,11-12H,5-8,10H2. The molecule has 3 heterocycles. The summed E-state index contributed by atoms with van der Waals surface area (Å²) in [7, 11) is -3.66. The van der Waals surface area contributed by atoms with Gasteiger partial charge in [0.25, 0.3) is 0 Å². The predicted molar refractivity (Wildman–Crippen MR) is 116 cm³/mol. The molecule has 0 bridgehead atoms. The van der Waals surface area contributed by atoms with Crippen molar-refractivity contribution >= 4 is 55.9 Å². The van der Waals surface area contributed by atoms with Crippen LogP contribution in [-0.4, -0.2) is 48.8 Å². The van der Waals surface area contributed by atoms with Crippen molar-refractivity contribution in [2.45, 2.75) is 11.4 Å². The third-order valence-corrected chi connectivity index (χ3v) is 9.07. The molecule has 10 heteroatoms. The van der Waals surface area contributed by atoms with Gasteiger partial charge < -0.3 is 0 Å². The molecule has 0 spiro atoms. The zero-order chi connectivity index (χ0) is 19.7. The van der Waals surface area contributed by atoms with Crippen LogP contribution in [0.2, 0.25) is 10.0 Å². The van der Waals surface area contributed by atoms with Gasteiger partial charge in [0.2, 0.25) is 10.0 Å². The van der Waals surface area contributed by atoms with Crippen molar-refractivity contribution in [1.29, 1.82) is 0 Å². The first-order chi connectivity index (χ1) is 13.4. The summed E-state index contributed by atoms with van der Waals surface area (Å²) >= 11 is 15.4. The number of benzene rings is 1. The highest BCUT2D eigenvalue weighted by Crippen LogP contribution is 2.31. The molecule has 1 aliphatic heterocycles. The molecule has 0 unspecified atom stereocenters. The van der Waals surface area contributed by atoms with Crippen LogP contribution >= 0.6 is 45.9 Å². The summed E-state index contributed by atoms with van der Waals surface area (Å²) < 4.78 is 27.3. The number of halogens is 2. The number of sulfonamides is 1. The average Bonchev–Trinajstić information content (AvgIpc) is 3.36. The number of thiophene rings is 1. The van der Waals surface area contributed by atoms with Gasteiger partial charge in [-0.15, -0.1) is 11.3 Å². The molecule has 2 aromatic heterocycles. The molecule has 1 fully saturated rings. The van der Waals surface area contributed by atoms with Gasteiger partial charge in [-0.1, -0.05) is 29.3 Å². The Morgan fingerprint density at radius 2 is 1.86 bits per heavy atom. The van der Waals surface area contributed by atoms with E-state index in [1.54, 1.807) is 34.8 Å². The molecular weight excluding hydrogens is 457 g/mol. The lowest BCUT2D eigenvalue weighted by atomic mass is 10.3. The fourth-order valence-corrected chi connectivity index (χ4v) is 6.76. The van der Waals surface area contributed by atoms with Crippen molar-refractivity contribution in [3.8, 4) is 10.6 Å². The van der Waals surface area contributed by atoms with E-state index < -0.39 is 10.0 Å². The van der Waals surface area contributed by atoms with Crippen LogP contribution in [0.25, 0.3) is 10.6 Å². The number of hydrogen-bond acceptors (Lipinski definition) is 6. The van der Waals surface area contributed by atoms with Gasteiger partial charge in [0, 0.05) is 49.0 Å². The first-order valence-corrected chi connectivity index (χ1v) is 12.6. The number of aromatic nitrogens is 1. The fourth-order valence-electron chi connectivity index (χ4n) is 3.08. The Hall–Kier alpha value is -1.00. The summed E-state index contributed by atoms with van der Waals surface area (Å²) in [5.74, 6) is 0. The summed E-state index contributed by atoms with van der Waals surface area (Å²) in [5.41, 5.74) is 2.16. The highest BCUT2D eigenvalue weighted by molar-refractivity contribution is 7.89. The second-order valence-electron chi connectivity index (χ2n) is 6.39. The number of piperazine rings is 1. The molecule has 0 saturated carbocycles. The van der Waals surface area contributed by atoms with E-state index in [4.69, 9.17) is 28.2 Å². The second kappa shape index (κ2) is 8.39. The SMILES string of the molecule is O=S(=O)(c1cccc(Cl)c1Cl)N1CCN(Cc2csc(-c3ccsc3)n2)CC1. The van der Waals surface area contributed by atoms with Gasteiger partial charge in [0.05, 0.1) is 15.7 Å². The van der Waals surface area contributed by atoms with Crippen molar-refractivity contribution < 1.29 is 8.42 Å². The van der Waals surface area contributed by atoms with Crippen LogP contribution in [-0.2, 0) is 16.6 Å². The van der Waals surface area contributed by atoms with Gasteiger partial charge in [-0.3, -0.25) is 4.90 Å². The Morgan fingerprint density at radius 3 is 2.57 bits per heavy atom. The molecule has 0 atom stereocenters. The van der Waals surface area contributed by atoms with E-state index in [0.717, 1.165) is 16.3 Å². The Morgan fingerprint density at radius 1 is 1.07 bits per heavy atom. The van der Waals surface area contributed by atoms with Gasteiger partial charge in [-0.05, 0) is 23.6 Å². The Balaban J connectivity index is 1.40. The lowest BCUT2D eigenvalue weighted by Crippen LogP contribution is -2.48. The maximum Gasteiger partial charge on any atom is 0.244 e. The lowest BCUT2D eigenvalue weighted by molar-refractivity contribution is 0.180. The zero-order valence-corrected chi connectivity index (χ0v) is 18.7. The van der Waals surface area contributed by atoms with E-state index in [-0.39, 0.29) is 14.9 Å². The van der Waals surface area contributed by atoms with Crippen LogP contribution in [0.15, 0.2) is 45.3 Å². The average molecular weight is 474 g/mol. The molecule has 0 N–H and O–H groups in total. The summed E-state index contributed by atoms with van der Waals surface area (Å²) in [4.78, 5) is 6.99. The number of hydrogen-bond donors (Lipinski definition) is 0. The van der Waals surface area contributed by atoms with Crippen molar-refractivity contribution in [3.05, 3.63) is 56.1 Å². The zero-order valence-electron chi connectivity index (χ0n) is 14.7. The van der Waals surface area contributed by atoms with Crippen LogP contribution in [0.3, 0.4) is 0 Å². The summed E-state index contributed by atoms with van der Waals surface area (Å²) in [6.07, 6.45) is 0. The Labute approximate surface area is 182 Å². The maximum atomic E-state index is 12.9. The number of thiazole rings is 1. The van der Waals surface area contributed by atoms with Crippen molar-refractivity contribution in [3.63, 3.8) is 0 Å². The van der Waals surface area contributed by atoms with Gasteiger partial charge >= 0.3 is 0 Å². The molecular formula is C18H17Cl2N3O2S3. The van der Waals surface area contributed by atoms with Gasteiger partial charge in [0.15, 0.2) is 0 Å². The van der Waals surface area contributed by atoms with Crippen molar-refractivity contribution in [2.24, 2.45) is 0 Å². The number of rotatable bonds is 5. The minimum atomic E-state index is -3.66. The molecule has 4 rings (SSSR count). The molecule has 148 valence electrons. The van der Waals surface area contributed by atoms with Crippen molar-refractivity contribution in [1.82, 2.24) is 14.2 Å². The minimum Gasteiger partial charge on any atom is -0.295 e. The van der Waals surface area contributed by atoms with Gasteiger partial charge in [0.1, 0.15) is 9.90 Å². The maximum absolute atomic E-state index is 12.9. The monoisotopic (exact) mass is 473 g/mol. The van der Waals surface area contributed by atoms with Crippen LogP contribution in [0.1, 0.15) is 5.69 Å². The smallest absolute Gasteiger partial charge is 0.244 e. The highest BCUT2D eigenvalue weighted by Gasteiger charge is 2.30. The molecule has 28 heavy (non-hydrogen) atoms. The van der Waals surface area contributed by atoms with E-state index in [2.05, 4.69) is 21.7 Å². The van der Waals surface area contributed by atoms with Gasteiger partial charge in [-0.2, -0.15) is 15.6 Å². The summed E-state index contributed by atoms with van der Waals surface area (Å²) in [6, 6.07) is 6.75. The summed E-state index contributed by atoms with van der Waals surface area (Å²) in [6.45, 7) is 2.82. The van der Waals surface area contributed by atoms with E-state index in [1.807, 2.05) is 5.38 Å². The highest BCUT2D eigenvalue weighted by atomic mass is 35.5. The third kappa shape index (κ3) is 4.14. The molecule has 1 saturated heterocycles. The molecule has 3 aromatic rings. The van der Waals surface area contributed by atoms with Crippen molar-refractivity contribution in [2.75, 3.05) is 26.2 Å². The molecule has 0 amide bonds. The van der Waals surface area contributed by atoms with Gasteiger partial charge in [-0.25, -0.2) is 13.4 Å². The Bertz CT molecular complexity index is 1060. The minimum absolute atomic E-state index is 0.0648. The second-order valence-corrected chi connectivity index (χ2v) is 10.7. The topological polar surface area (TPSA) is 53.5 Å². The molecule has 5 nitrogen and oxygen atoms in total. The van der Waals surface area contributed by atoms with E-state index >= 15 is 0 Å². The number of nitrogens with zero attached hydrogens (tertiary/aromatic N) is 3. The van der Waals surface area contributed by atoms with E-state index in [0.29, 0.717) is 32.7 Å². The first-order valence-electron chi connectivity index (χ1n) is 8.58. The van der Waals surface area contributed by atoms with Crippen LogP contribution < -0.4 is 0 Å². The third-order valence-electron chi connectivity index (χ3n) is 4.57. The van der Waals surface area contributed by atoms with Crippen LogP contribution in [0.5, 0.6) is 0 Å². The summed E-state index contributed by atoms with van der Waals surface area (Å²) in [5, 5.41) is 7.55. The van der Waals surface area contributed by atoms with E-state index in [1.165, 1.54) is 10.4 Å². The molecule has 1 aliphatic rings. The molecule has 0 aliphatic carbocycles. The normalized spacial score (nSPS) is 16.5. The quantitative estimate of drug-likeness (QED) is 0.539. The Kier molecular flexibility index (Phi) is 6.08. The predicted octanol–water partition coefficient (Wildman–Crippen LogP) is 4.68. The first kappa shape index (κ1) is 20.3. The molecule has 1 aromatic carbocycles. The van der Waals surface area contributed by atoms with Crippen LogP contribution in [0.4, 0.5) is 0 Å². The van der Waals surface area contributed by atoms with E-state index in [9.17, 15) is 8.42 Å².